The number of carbonyl (C=O) groups is 1. The molecule has 0 radical (unpaired) electrons. The Bertz CT molecular complexity index is 1230. The van der Waals surface area contributed by atoms with E-state index in [0.717, 1.165) is 46.1 Å². The molecule has 4 rings (SSSR count). The van der Waals surface area contributed by atoms with E-state index in [0.29, 0.717) is 5.16 Å². The summed E-state index contributed by atoms with van der Waals surface area (Å²) in [5.41, 5.74) is 1.70. The summed E-state index contributed by atoms with van der Waals surface area (Å²) in [5.74, 6) is -0.481. The number of fused-ring (bicyclic) bond motifs is 1. The van der Waals surface area contributed by atoms with Gasteiger partial charge in [-0.15, -0.1) is 0 Å². The molecule has 0 bridgehead atoms. The van der Waals surface area contributed by atoms with Gasteiger partial charge in [-0.25, -0.2) is 9.97 Å². The summed E-state index contributed by atoms with van der Waals surface area (Å²) in [6, 6.07) is 21.8. The first-order valence-corrected chi connectivity index (χ1v) is 10.3. The minimum atomic E-state index is -4.47. The predicted octanol–water partition coefficient (Wildman–Crippen LogP) is 6.05. The van der Waals surface area contributed by atoms with Gasteiger partial charge in [0.1, 0.15) is 0 Å². The Labute approximate surface area is 180 Å². The van der Waals surface area contributed by atoms with Crippen LogP contribution in [0.2, 0.25) is 0 Å². The molecular weight excluding hydrogens is 423 g/mol. The number of thioether (sulfide) groups is 1. The number of aromatic nitrogens is 2. The minimum absolute atomic E-state index is 0.0389. The molecule has 3 aromatic carbocycles. The topological polar surface area (TPSA) is 54.9 Å². The highest BCUT2D eigenvalue weighted by molar-refractivity contribution is 7.99. The van der Waals surface area contributed by atoms with Crippen molar-refractivity contribution in [1.29, 1.82) is 0 Å². The molecule has 0 saturated heterocycles. The van der Waals surface area contributed by atoms with Crippen molar-refractivity contribution in [3.63, 3.8) is 0 Å². The SMILES string of the molecule is O=C(CSc1nc(-c2ccccc2)c2ccccc2n1)Nc1cccc(C(F)(F)F)c1. The number of hydrogen-bond donors (Lipinski definition) is 1. The zero-order valence-electron chi connectivity index (χ0n) is 16.1. The molecular formula is C23H16F3N3OS. The van der Waals surface area contributed by atoms with Crippen LogP contribution in [0.5, 0.6) is 0 Å². The van der Waals surface area contributed by atoms with E-state index in [1.807, 2.05) is 54.6 Å². The van der Waals surface area contributed by atoms with Gasteiger partial charge < -0.3 is 5.32 Å². The highest BCUT2D eigenvalue weighted by atomic mass is 32.2. The van der Waals surface area contributed by atoms with Crippen LogP contribution in [0.1, 0.15) is 5.56 Å². The van der Waals surface area contributed by atoms with Crippen molar-refractivity contribution in [2.75, 3.05) is 11.1 Å². The molecule has 0 aliphatic rings. The number of benzene rings is 3. The van der Waals surface area contributed by atoms with E-state index in [2.05, 4.69) is 15.3 Å². The van der Waals surface area contributed by atoms with Gasteiger partial charge in [-0.3, -0.25) is 4.79 Å². The maximum Gasteiger partial charge on any atom is 0.416 e. The van der Waals surface area contributed by atoms with Crippen LogP contribution in [0.25, 0.3) is 22.2 Å². The Kier molecular flexibility index (Phi) is 5.90. The molecule has 8 heteroatoms. The molecule has 1 amide bonds. The van der Waals surface area contributed by atoms with Crippen molar-refractivity contribution < 1.29 is 18.0 Å². The predicted molar refractivity (Wildman–Crippen MR) is 116 cm³/mol. The van der Waals surface area contributed by atoms with Crippen molar-refractivity contribution in [2.24, 2.45) is 0 Å². The summed E-state index contributed by atoms with van der Waals surface area (Å²) in [4.78, 5) is 21.4. The number of nitrogens with zero attached hydrogens (tertiary/aromatic N) is 2. The Balaban J connectivity index is 1.52. The van der Waals surface area contributed by atoms with Crippen LogP contribution < -0.4 is 5.32 Å². The quantitative estimate of drug-likeness (QED) is 0.304. The van der Waals surface area contributed by atoms with Crippen molar-refractivity contribution in [3.05, 3.63) is 84.4 Å². The van der Waals surface area contributed by atoms with Gasteiger partial charge in [-0.05, 0) is 24.3 Å². The van der Waals surface area contributed by atoms with Gasteiger partial charge in [0, 0.05) is 16.6 Å². The Morgan fingerprint density at radius 2 is 1.65 bits per heavy atom. The maximum absolute atomic E-state index is 12.8. The molecule has 31 heavy (non-hydrogen) atoms. The smallest absolute Gasteiger partial charge is 0.325 e. The van der Waals surface area contributed by atoms with Crippen LogP contribution in [0.15, 0.2) is 84.0 Å². The van der Waals surface area contributed by atoms with Crippen molar-refractivity contribution in [2.45, 2.75) is 11.3 Å². The van der Waals surface area contributed by atoms with E-state index >= 15 is 0 Å². The van der Waals surface area contributed by atoms with Crippen molar-refractivity contribution in [3.8, 4) is 11.3 Å². The minimum Gasteiger partial charge on any atom is -0.325 e. The summed E-state index contributed by atoms with van der Waals surface area (Å²) < 4.78 is 38.5. The average Bonchev–Trinajstić information content (AvgIpc) is 2.77. The number of halogens is 3. The maximum atomic E-state index is 12.8. The summed E-state index contributed by atoms with van der Waals surface area (Å²) in [6.07, 6.45) is -4.47. The number of carbonyl (C=O) groups excluding carboxylic acids is 1. The van der Waals surface area contributed by atoms with Crippen LogP contribution in [0.3, 0.4) is 0 Å². The zero-order valence-corrected chi connectivity index (χ0v) is 16.9. The van der Waals surface area contributed by atoms with Gasteiger partial charge in [0.15, 0.2) is 5.16 Å². The van der Waals surface area contributed by atoms with E-state index < -0.39 is 17.6 Å². The highest BCUT2D eigenvalue weighted by Crippen LogP contribution is 2.31. The molecule has 0 fully saturated rings. The second-order valence-electron chi connectivity index (χ2n) is 6.65. The van der Waals surface area contributed by atoms with E-state index in [9.17, 15) is 18.0 Å². The van der Waals surface area contributed by atoms with E-state index in [1.54, 1.807) is 0 Å². The standard InChI is InChI=1S/C23H16F3N3OS/c24-23(25,26)16-9-6-10-17(13-16)27-20(30)14-31-22-28-19-12-5-4-11-18(19)21(29-22)15-7-2-1-3-8-15/h1-13H,14H2,(H,27,30). The molecule has 1 aromatic heterocycles. The lowest BCUT2D eigenvalue weighted by molar-refractivity contribution is -0.137. The Morgan fingerprint density at radius 3 is 2.42 bits per heavy atom. The van der Waals surface area contributed by atoms with Gasteiger partial charge in [0.25, 0.3) is 0 Å². The summed E-state index contributed by atoms with van der Waals surface area (Å²) >= 11 is 1.12. The average molecular weight is 439 g/mol. The van der Waals surface area contributed by atoms with Crippen molar-refractivity contribution >= 4 is 34.3 Å². The lowest BCUT2D eigenvalue weighted by atomic mass is 10.1. The van der Waals surface area contributed by atoms with Crippen LogP contribution in [0.4, 0.5) is 18.9 Å². The third-order valence-corrected chi connectivity index (χ3v) is 5.28. The normalized spacial score (nSPS) is 11.5. The fourth-order valence-electron chi connectivity index (χ4n) is 3.04. The highest BCUT2D eigenvalue weighted by Gasteiger charge is 2.30. The lowest BCUT2D eigenvalue weighted by Gasteiger charge is -2.10. The van der Waals surface area contributed by atoms with Gasteiger partial charge in [0.2, 0.25) is 5.91 Å². The van der Waals surface area contributed by atoms with E-state index in [-0.39, 0.29) is 11.4 Å². The van der Waals surface area contributed by atoms with E-state index in [1.165, 1.54) is 12.1 Å². The largest absolute Gasteiger partial charge is 0.416 e. The molecule has 1 heterocycles. The van der Waals surface area contributed by atoms with Crippen LogP contribution in [-0.4, -0.2) is 21.6 Å². The van der Waals surface area contributed by atoms with Crippen molar-refractivity contribution in [1.82, 2.24) is 9.97 Å². The zero-order chi connectivity index (χ0) is 21.8. The molecule has 0 aliphatic carbocycles. The molecule has 1 N–H and O–H groups in total. The number of nitrogens with one attached hydrogen (secondary N) is 1. The molecule has 4 aromatic rings. The van der Waals surface area contributed by atoms with E-state index in [4.69, 9.17) is 0 Å². The summed E-state index contributed by atoms with van der Waals surface area (Å²) in [6.45, 7) is 0. The monoisotopic (exact) mass is 439 g/mol. The first-order chi connectivity index (χ1) is 14.9. The first kappa shape index (κ1) is 20.9. The first-order valence-electron chi connectivity index (χ1n) is 9.32. The number of anilines is 1. The molecule has 0 unspecified atom stereocenters. The number of hydrogen-bond acceptors (Lipinski definition) is 4. The number of alkyl halides is 3. The van der Waals surface area contributed by atoms with Gasteiger partial charge in [-0.2, -0.15) is 13.2 Å². The molecule has 0 aliphatic heterocycles. The van der Waals surface area contributed by atoms with Crippen LogP contribution in [0, 0.1) is 0 Å². The second-order valence-corrected chi connectivity index (χ2v) is 7.60. The van der Waals surface area contributed by atoms with Crippen LogP contribution in [-0.2, 0) is 11.0 Å². The summed E-state index contributed by atoms with van der Waals surface area (Å²) in [5, 5.41) is 3.80. The number of para-hydroxylation sites is 1. The summed E-state index contributed by atoms with van der Waals surface area (Å²) in [7, 11) is 0. The molecule has 0 atom stereocenters. The molecule has 156 valence electrons. The molecule has 0 spiro atoms. The van der Waals surface area contributed by atoms with Gasteiger partial charge in [-0.1, -0.05) is 66.4 Å². The lowest BCUT2D eigenvalue weighted by Crippen LogP contribution is -2.15. The fourth-order valence-corrected chi connectivity index (χ4v) is 3.69. The molecule has 0 saturated carbocycles. The third-order valence-electron chi connectivity index (χ3n) is 4.44. The Hall–Kier alpha value is -3.39. The van der Waals surface area contributed by atoms with Gasteiger partial charge >= 0.3 is 6.18 Å². The Morgan fingerprint density at radius 1 is 0.903 bits per heavy atom. The second kappa shape index (κ2) is 8.77. The van der Waals surface area contributed by atoms with Crippen LogP contribution >= 0.6 is 11.8 Å². The van der Waals surface area contributed by atoms with Gasteiger partial charge in [0.05, 0.1) is 22.5 Å². The molecule has 4 nitrogen and oxygen atoms in total. The third kappa shape index (κ3) is 5.03. The number of rotatable bonds is 5. The fraction of sp³-hybridized carbons (Fsp3) is 0.0870. The number of amides is 1.